The van der Waals surface area contributed by atoms with E-state index in [0.717, 1.165) is 5.56 Å². The molecule has 0 radical (unpaired) electrons. The largest absolute Gasteiger partial charge is 0.353 e. The van der Waals surface area contributed by atoms with E-state index in [4.69, 9.17) is 5.73 Å². The standard InChI is InChI=1S/C13H20FN3O.ClH/c1-9(15)13(18)16-8-12(17(2)3)10-4-6-11(14)7-5-10;/h4-7,9,12H,8,15H2,1-3H3,(H,16,18);1H. The molecule has 0 heterocycles. The second-order valence-corrected chi connectivity index (χ2v) is 4.56. The number of amides is 1. The molecular weight excluding hydrogens is 269 g/mol. The first-order chi connectivity index (χ1) is 8.41. The molecule has 2 atom stereocenters. The Morgan fingerprint density at radius 1 is 1.37 bits per heavy atom. The van der Waals surface area contributed by atoms with Gasteiger partial charge in [0.05, 0.1) is 12.1 Å². The van der Waals surface area contributed by atoms with Gasteiger partial charge in [-0.15, -0.1) is 12.4 Å². The molecule has 0 aromatic heterocycles. The first kappa shape index (κ1) is 17.8. The molecule has 6 heteroatoms. The summed E-state index contributed by atoms with van der Waals surface area (Å²) in [5.74, 6) is -0.458. The Morgan fingerprint density at radius 2 is 1.89 bits per heavy atom. The molecular formula is C13H21ClFN3O. The summed E-state index contributed by atoms with van der Waals surface area (Å²) in [4.78, 5) is 13.4. The van der Waals surface area contributed by atoms with Crippen molar-refractivity contribution in [3.05, 3.63) is 35.6 Å². The molecule has 0 saturated carbocycles. The normalized spacial score (nSPS) is 13.6. The minimum absolute atomic E-state index is 0. The molecule has 1 rings (SSSR count). The van der Waals surface area contributed by atoms with Crippen molar-refractivity contribution < 1.29 is 9.18 Å². The molecule has 0 bridgehead atoms. The van der Waals surface area contributed by atoms with Crippen LogP contribution >= 0.6 is 12.4 Å². The summed E-state index contributed by atoms with van der Waals surface area (Å²) in [6.45, 7) is 2.08. The van der Waals surface area contributed by atoms with Crippen molar-refractivity contribution in [1.29, 1.82) is 0 Å². The van der Waals surface area contributed by atoms with Crippen LogP contribution in [0.3, 0.4) is 0 Å². The van der Waals surface area contributed by atoms with Gasteiger partial charge in [0.2, 0.25) is 5.91 Å². The molecule has 0 aliphatic rings. The number of benzene rings is 1. The predicted octanol–water partition coefficient (Wildman–Crippen LogP) is 1.31. The summed E-state index contributed by atoms with van der Waals surface area (Å²) < 4.78 is 12.9. The molecule has 0 spiro atoms. The molecule has 108 valence electrons. The van der Waals surface area contributed by atoms with E-state index in [1.807, 2.05) is 19.0 Å². The number of halogens is 2. The molecule has 0 fully saturated rings. The Morgan fingerprint density at radius 3 is 2.32 bits per heavy atom. The van der Waals surface area contributed by atoms with Crippen LogP contribution in [0.4, 0.5) is 4.39 Å². The van der Waals surface area contributed by atoms with E-state index >= 15 is 0 Å². The lowest BCUT2D eigenvalue weighted by atomic mass is 10.1. The first-order valence-corrected chi connectivity index (χ1v) is 5.87. The van der Waals surface area contributed by atoms with Crippen LogP contribution in [0.25, 0.3) is 0 Å². The van der Waals surface area contributed by atoms with E-state index in [9.17, 15) is 9.18 Å². The maximum Gasteiger partial charge on any atom is 0.236 e. The lowest BCUT2D eigenvalue weighted by Crippen LogP contribution is -2.42. The lowest BCUT2D eigenvalue weighted by molar-refractivity contribution is -0.122. The summed E-state index contributed by atoms with van der Waals surface area (Å²) in [6.07, 6.45) is 0. The third-order valence-electron chi connectivity index (χ3n) is 2.76. The van der Waals surface area contributed by atoms with Gasteiger partial charge in [-0.3, -0.25) is 4.79 Å². The molecule has 1 amide bonds. The van der Waals surface area contributed by atoms with E-state index < -0.39 is 6.04 Å². The van der Waals surface area contributed by atoms with Gasteiger partial charge in [0, 0.05) is 6.54 Å². The number of carbonyl (C=O) groups excluding carboxylic acids is 1. The summed E-state index contributed by atoms with van der Waals surface area (Å²) in [7, 11) is 3.82. The van der Waals surface area contributed by atoms with E-state index in [1.165, 1.54) is 12.1 Å². The smallest absolute Gasteiger partial charge is 0.236 e. The highest BCUT2D eigenvalue weighted by molar-refractivity contribution is 5.85. The first-order valence-electron chi connectivity index (χ1n) is 5.87. The Hall–Kier alpha value is -1.17. The van der Waals surface area contributed by atoms with Gasteiger partial charge in [-0.05, 0) is 38.7 Å². The minimum Gasteiger partial charge on any atom is -0.353 e. The second kappa shape index (κ2) is 8.09. The molecule has 0 saturated heterocycles. The minimum atomic E-state index is -0.527. The monoisotopic (exact) mass is 289 g/mol. The van der Waals surface area contributed by atoms with Crippen molar-refractivity contribution in [2.45, 2.75) is 19.0 Å². The molecule has 0 aliphatic heterocycles. The van der Waals surface area contributed by atoms with Crippen LogP contribution in [0.15, 0.2) is 24.3 Å². The average Bonchev–Trinajstić information content (AvgIpc) is 2.30. The zero-order chi connectivity index (χ0) is 13.7. The number of nitrogens with one attached hydrogen (secondary N) is 1. The topological polar surface area (TPSA) is 58.4 Å². The number of nitrogens with zero attached hydrogens (tertiary/aromatic N) is 1. The fourth-order valence-corrected chi connectivity index (χ4v) is 1.64. The zero-order valence-corrected chi connectivity index (χ0v) is 12.2. The van der Waals surface area contributed by atoms with Crippen LogP contribution in [0.1, 0.15) is 18.5 Å². The SMILES string of the molecule is CC(N)C(=O)NCC(c1ccc(F)cc1)N(C)C.Cl. The molecule has 1 aromatic rings. The van der Waals surface area contributed by atoms with Gasteiger partial charge in [-0.1, -0.05) is 12.1 Å². The molecule has 1 aromatic carbocycles. The highest BCUT2D eigenvalue weighted by Gasteiger charge is 2.16. The Bertz CT molecular complexity index is 395. The fraction of sp³-hybridized carbons (Fsp3) is 0.462. The van der Waals surface area contributed by atoms with E-state index in [-0.39, 0.29) is 30.2 Å². The van der Waals surface area contributed by atoms with Crippen molar-refractivity contribution in [3.63, 3.8) is 0 Å². The van der Waals surface area contributed by atoms with E-state index in [1.54, 1.807) is 19.1 Å². The van der Waals surface area contributed by atoms with Gasteiger partial charge in [-0.25, -0.2) is 4.39 Å². The van der Waals surface area contributed by atoms with E-state index in [2.05, 4.69) is 5.32 Å². The van der Waals surface area contributed by atoms with Gasteiger partial charge in [0.1, 0.15) is 5.82 Å². The van der Waals surface area contributed by atoms with Crippen molar-refractivity contribution >= 4 is 18.3 Å². The maximum atomic E-state index is 12.9. The van der Waals surface area contributed by atoms with Gasteiger partial charge < -0.3 is 16.0 Å². The Kier molecular flexibility index (Phi) is 7.59. The fourth-order valence-electron chi connectivity index (χ4n) is 1.64. The third kappa shape index (κ3) is 5.55. The number of likely N-dealkylation sites (N-methyl/N-ethyl adjacent to an activating group) is 1. The summed E-state index contributed by atoms with van der Waals surface area (Å²) in [5.41, 5.74) is 6.43. The quantitative estimate of drug-likeness (QED) is 0.859. The number of hydrogen-bond acceptors (Lipinski definition) is 3. The molecule has 0 aliphatic carbocycles. The lowest BCUT2D eigenvalue weighted by Gasteiger charge is -2.25. The number of rotatable bonds is 5. The van der Waals surface area contributed by atoms with Gasteiger partial charge in [0.15, 0.2) is 0 Å². The van der Waals surface area contributed by atoms with Crippen molar-refractivity contribution in [2.24, 2.45) is 5.73 Å². The Labute approximate surface area is 119 Å². The van der Waals surface area contributed by atoms with Gasteiger partial charge in [0.25, 0.3) is 0 Å². The Balaban J connectivity index is 0.00000324. The van der Waals surface area contributed by atoms with Crippen LogP contribution in [0.2, 0.25) is 0 Å². The molecule has 3 N–H and O–H groups in total. The van der Waals surface area contributed by atoms with Crippen molar-refractivity contribution in [1.82, 2.24) is 10.2 Å². The maximum absolute atomic E-state index is 12.9. The van der Waals surface area contributed by atoms with Gasteiger partial charge in [-0.2, -0.15) is 0 Å². The summed E-state index contributed by atoms with van der Waals surface area (Å²) >= 11 is 0. The zero-order valence-electron chi connectivity index (χ0n) is 11.4. The predicted molar refractivity (Wildman–Crippen MR) is 76.7 cm³/mol. The van der Waals surface area contributed by atoms with Crippen LogP contribution in [-0.4, -0.2) is 37.5 Å². The van der Waals surface area contributed by atoms with Crippen LogP contribution in [0, 0.1) is 5.82 Å². The number of hydrogen-bond donors (Lipinski definition) is 2. The van der Waals surface area contributed by atoms with Crippen LogP contribution in [-0.2, 0) is 4.79 Å². The van der Waals surface area contributed by atoms with Crippen LogP contribution in [0.5, 0.6) is 0 Å². The molecule has 19 heavy (non-hydrogen) atoms. The van der Waals surface area contributed by atoms with Gasteiger partial charge >= 0.3 is 0 Å². The summed E-state index contributed by atoms with van der Waals surface area (Å²) in [5, 5.41) is 2.78. The molecule has 2 unspecified atom stereocenters. The number of carbonyl (C=O) groups is 1. The highest BCUT2D eigenvalue weighted by Crippen LogP contribution is 2.17. The van der Waals surface area contributed by atoms with Crippen molar-refractivity contribution in [2.75, 3.05) is 20.6 Å². The third-order valence-corrected chi connectivity index (χ3v) is 2.76. The van der Waals surface area contributed by atoms with E-state index in [0.29, 0.717) is 6.54 Å². The second-order valence-electron chi connectivity index (χ2n) is 4.56. The molecule has 4 nitrogen and oxygen atoms in total. The average molecular weight is 290 g/mol. The number of nitrogens with two attached hydrogens (primary N) is 1. The van der Waals surface area contributed by atoms with Crippen molar-refractivity contribution in [3.8, 4) is 0 Å². The summed E-state index contributed by atoms with van der Waals surface area (Å²) in [6, 6.07) is 5.74. The van der Waals surface area contributed by atoms with Crippen LogP contribution < -0.4 is 11.1 Å². The highest BCUT2D eigenvalue weighted by atomic mass is 35.5.